The highest BCUT2D eigenvalue weighted by Gasteiger charge is 2.02. The molecule has 0 aliphatic carbocycles. The highest BCUT2D eigenvalue weighted by molar-refractivity contribution is 5.98. The van der Waals surface area contributed by atoms with E-state index >= 15 is 0 Å². The summed E-state index contributed by atoms with van der Waals surface area (Å²) in [5.74, 6) is -0.157. The average molecular weight is 184 g/mol. The van der Waals surface area contributed by atoms with Gasteiger partial charge in [-0.3, -0.25) is 4.79 Å². The van der Waals surface area contributed by atoms with Gasteiger partial charge in [-0.05, 0) is 22.9 Å². The van der Waals surface area contributed by atoms with Gasteiger partial charge in [-0.15, -0.1) is 0 Å². The van der Waals surface area contributed by atoms with Gasteiger partial charge in [0.1, 0.15) is 0 Å². The van der Waals surface area contributed by atoms with Gasteiger partial charge in [-0.25, -0.2) is 0 Å². The number of carbonyl (C=O) groups excluding carboxylic acids is 1. The van der Waals surface area contributed by atoms with Gasteiger partial charge in [0, 0.05) is 12.6 Å². The molecule has 1 N–H and O–H groups in total. The van der Waals surface area contributed by atoms with Gasteiger partial charge in [0.05, 0.1) is 0 Å². The van der Waals surface area contributed by atoms with Crippen molar-refractivity contribution in [2.24, 2.45) is 0 Å². The predicted molar refractivity (Wildman–Crippen MR) is 56.8 cm³/mol. The lowest BCUT2D eigenvalue weighted by molar-refractivity contribution is 0.0969. The van der Waals surface area contributed by atoms with Gasteiger partial charge < -0.3 is 5.32 Å². The summed E-state index contributed by atoms with van der Waals surface area (Å²) in [6.45, 7) is 0. The molecule has 0 bridgehead atoms. The number of rotatable bonds is 1. The molecule has 0 spiro atoms. The first-order valence-corrected chi connectivity index (χ1v) is 4.37. The van der Waals surface area contributed by atoms with Crippen LogP contribution in [0.3, 0.4) is 0 Å². The summed E-state index contributed by atoms with van der Waals surface area (Å²) in [6, 6.07) is 13.5. The quantitative estimate of drug-likeness (QED) is 0.724. The van der Waals surface area contributed by atoms with E-state index in [2.05, 4.69) is 12.4 Å². The second-order valence-electron chi connectivity index (χ2n) is 3.07. The minimum absolute atomic E-state index is 0.157. The third-order valence-electron chi connectivity index (χ3n) is 2.17. The fourth-order valence-electron chi connectivity index (χ4n) is 1.43. The normalized spacial score (nSPS) is 10.1. The minimum atomic E-state index is -0.157. The molecule has 2 rings (SSSR count). The molecule has 0 aromatic heterocycles. The van der Waals surface area contributed by atoms with Crippen molar-refractivity contribution in [1.29, 1.82) is 0 Å². The van der Waals surface area contributed by atoms with E-state index in [1.165, 1.54) is 0 Å². The number of hydrogen-bond donors (Lipinski definition) is 1. The summed E-state index contributed by atoms with van der Waals surface area (Å²) >= 11 is 0. The standard InChI is InChI=1S/C12H10NO/c1-13-12(14)11-7-6-9-4-2-3-5-10(9)8-11/h2-8H,1H2,(H,13,14). The van der Waals surface area contributed by atoms with Crippen LogP contribution >= 0.6 is 0 Å². The van der Waals surface area contributed by atoms with Crippen LogP contribution in [0.15, 0.2) is 42.5 Å². The van der Waals surface area contributed by atoms with Crippen molar-refractivity contribution in [3.63, 3.8) is 0 Å². The van der Waals surface area contributed by atoms with Crippen molar-refractivity contribution in [3.05, 3.63) is 55.1 Å². The van der Waals surface area contributed by atoms with E-state index in [4.69, 9.17) is 0 Å². The molecule has 0 heterocycles. The molecule has 2 aromatic carbocycles. The van der Waals surface area contributed by atoms with Gasteiger partial charge in [-0.2, -0.15) is 0 Å². The molecule has 0 saturated heterocycles. The van der Waals surface area contributed by atoms with E-state index in [1.54, 1.807) is 6.07 Å². The van der Waals surface area contributed by atoms with E-state index in [0.29, 0.717) is 5.56 Å². The Morgan fingerprint density at radius 2 is 1.79 bits per heavy atom. The van der Waals surface area contributed by atoms with Crippen LogP contribution in [-0.4, -0.2) is 5.91 Å². The molecule has 0 atom stereocenters. The van der Waals surface area contributed by atoms with Crippen molar-refractivity contribution in [2.75, 3.05) is 0 Å². The first kappa shape index (κ1) is 8.75. The van der Waals surface area contributed by atoms with Crippen LogP contribution in [0.25, 0.3) is 10.8 Å². The molecule has 1 radical (unpaired) electrons. The second-order valence-corrected chi connectivity index (χ2v) is 3.07. The van der Waals surface area contributed by atoms with Crippen molar-refractivity contribution in [2.45, 2.75) is 0 Å². The molecule has 0 aliphatic rings. The molecule has 0 aliphatic heterocycles. The molecule has 2 nitrogen and oxygen atoms in total. The van der Waals surface area contributed by atoms with Crippen LogP contribution < -0.4 is 5.32 Å². The molecular formula is C12H10NO. The van der Waals surface area contributed by atoms with E-state index in [-0.39, 0.29) is 5.91 Å². The topological polar surface area (TPSA) is 29.1 Å². The first-order valence-electron chi connectivity index (χ1n) is 4.37. The molecule has 0 saturated carbocycles. The van der Waals surface area contributed by atoms with Crippen LogP contribution in [0.4, 0.5) is 0 Å². The number of benzene rings is 2. The smallest absolute Gasteiger partial charge is 0.251 e. The summed E-state index contributed by atoms with van der Waals surface area (Å²) in [4.78, 5) is 11.3. The zero-order valence-corrected chi connectivity index (χ0v) is 7.66. The Morgan fingerprint density at radius 3 is 2.50 bits per heavy atom. The lowest BCUT2D eigenvalue weighted by Gasteiger charge is -2.01. The highest BCUT2D eigenvalue weighted by Crippen LogP contribution is 2.15. The van der Waals surface area contributed by atoms with Gasteiger partial charge in [0.15, 0.2) is 0 Å². The lowest BCUT2D eigenvalue weighted by atomic mass is 10.1. The molecule has 69 valence electrons. The third kappa shape index (κ3) is 1.46. The Bertz CT molecular complexity index is 476. The van der Waals surface area contributed by atoms with E-state index in [1.807, 2.05) is 36.4 Å². The van der Waals surface area contributed by atoms with Crippen LogP contribution in [-0.2, 0) is 0 Å². The summed E-state index contributed by atoms with van der Waals surface area (Å²) < 4.78 is 0. The largest absolute Gasteiger partial charge is 0.350 e. The Morgan fingerprint density at radius 1 is 1.07 bits per heavy atom. The summed E-state index contributed by atoms with van der Waals surface area (Å²) in [6.07, 6.45) is 0. The van der Waals surface area contributed by atoms with E-state index in [0.717, 1.165) is 10.8 Å². The molecule has 0 fully saturated rings. The van der Waals surface area contributed by atoms with Gasteiger partial charge in [-0.1, -0.05) is 30.3 Å². The Hall–Kier alpha value is -1.83. The molecule has 1 amide bonds. The van der Waals surface area contributed by atoms with Gasteiger partial charge >= 0.3 is 0 Å². The van der Waals surface area contributed by atoms with Crippen LogP contribution in [0, 0.1) is 7.05 Å². The van der Waals surface area contributed by atoms with E-state index < -0.39 is 0 Å². The van der Waals surface area contributed by atoms with Crippen LogP contribution in [0.5, 0.6) is 0 Å². The number of hydrogen-bond acceptors (Lipinski definition) is 1. The Balaban J connectivity index is 2.56. The molecule has 2 heteroatoms. The van der Waals surface area contributed by atoms with Gasteiger partial charge in [0.2, 0.25) is 0 Å². The zero-order chi connectivity index (χ0) is 9.97. The lowest BCUT2D eigenvalue weighted by Crippen LogP contribution is -2.15. The number of fused-ring (bicyclic) bond motifs is 1. The maximum absolute atomic E-state index is 11.3. The Labute approximate surface area is 82.6 Å². The number of nitrogens with one attached hydrogen (secondary N) is 1. The SMILES string of the molecule is [CH2]NC(=O)c1ccc2ccccc2c1. The molecular weight excluding hydrogens is 174 g/mol. The van der Waals surface area contributed by atoms with Crippen molar-refractivity contribution >= 4 is 16.7 Å². The van der Waals surface area contributed by atoms with Crippen molar-refractivity contribution in [1.82, 2.24) is 5.32 Å². The second kappa shape index (κ2) is 3.50. The van der Waals surface area contributed by atoms with Crippen LogP contribution in [0.1, 0.15) is 10.4 Å². The minimum Gasteiger partial charge on any atom is -0.350 e. The number of carbonyl (C=O) groups is 1. The van der Waals surface area contributed by atoms with Crippen molar-refractivity contribution < 1.29 is 4.79 Å². The van der Waals surface area contributed by atoms with Crippen LogP contribution in [0.2, 0.25) is 0 Å². The maximum atomic E-state index is 11.3. The fraction of sp³-hybridized carbons (Fsp3) is 0. The fourth-order valence-corrected chi connectivity index (χ4v) is 1.43. The highest BCUT2D eigenvalue weighted by atomic mass is 16.1. The van der Waals surface area contributed by atoms with Crippen molar-refractivity contribution in [3.8, 4) is 0 Å². The molecule has 0 unspecified atom stereocenters. The molecule has 14 heavy (non-hydrogen) atoms. The summed E-state index contributed by atoms with van der Waals surface area (Å²) in [7, 11) is 3.34. The van der Waals surface area contributed by atoms with E-state index in [9.17, 15) is 4.79 Å². The van der Waals surface area contributed by atoms with Gasteiger partial charge in [0.25, 0.3) is 5.91 Å². The number of amides is 1. The predicted octanol–water partition coefficient (Wildman–Crippen LogP) is 2.36. The first-order chi connectivity index (χ1) is 6.81. The Kier molecular flexibility index (Phi) is 2.19. The molecule has 2 aromatic rings. The average Bonchev–Trinajstić information content (AvgIpc) is 2.27. The maximum Gasteiger partial charge on any atom is 0.251 e. The monoisotopic (exact) mass is 184 g/mol. The third-order valence-corrected chi connectivity index (χ3v) is 2.17. The summed E-state index contributed by atoms with van der Waals surface area (Å²) in [5, 5.41) is 4.55. The zero-order valence-electron chi connectivity index (χ0n) is 7.66. The summed E-state index contributed by atoms with van der Waals surface area (Å²) in [5.41, 5.74) is 0.638.